The molecule has 18 heavy (non-hydrogen) atoms. The number of rotatable bonds is 4. The summed E-state index contributed by atoms with van der Waals surface area (Å²) in [5.74, 6) is -2.60. The van der Waals surface area contributed by atoms with Crippen LogP contribution < -0.4 is 5.73 Å². The van der Waals surface area contributed by atoms with E-state index in [0.717, 1.165) is 0 Å². The summed E-state index contributed by atoms with van der Waals surface area (Å²) in [6.45, 7) is 0.724. The highest BCUT2D eigenvalue weighted by Gasteiger charge is 2.44. The highest BCUT2D eigenvalue weighted by atomic mass is 19.4. The second-order valence-electron chi connectivity index (χ2n) is 4.55. The van der Waals surface area contributed by atoms with Crippen LogP contribution in [0.15, 0.2) is 5.16 Å². The Labute approximate surface area is 103 Å². The lowest BCUT2D eigenvalue weighted by atomic mass is 9.96. The van der Waals surface area contributed by atoms with Gasteiger partial charge >= 0.3 is 6.18 Å². The zero-order valence-electron chi connectivity index (χ0n) is 9.90. The molecule has 1 aliphatic rings. The van der Waals surface area contributed by atoms with Crippen molar-refractivity contribution in [2.45, 2.75) is 19.0 Å². The van der Waals surface area contributed by atoms with Gasteiger partial charge in [0.1, 0.15) is 5.92 Å². The van der Waals surface area contributed by atoms with Crippen LogP contribution in [0.25, 0.3) is 0 Å². The summed E-state index contributed by atoms with van der Waals surface area (Å²) in [5, 5.41) is 19.8. The molecule has 1 rings (SSSR count). The molecule has 0 bridgehead atoms. The average Bonchev–Trinajstić information content (AvgIpc) is 2.34. The largest absolute Gasteiger partial charge is 0.409 e. The van der Waals surface area contributed by atoms with Crippen molar-refractivity contribution in [2.24, 2.45) is 22.7 Å². The van der Waals surface area contributed by atoms with Crippen molar-refractivity contribution < 1.29 is 23.5 Å². The predicted octanol–water partition coefficient (Wildman–Crippen LogP) is 0.616. The summed E-state index contributed by atoms with van der Waals surface area (Å²) in [7, 11) is 0. The number of aliphatic hydroxyl groups excluding tert-OH is 1. The third kappa shape index (κ3) is 4.02. The molecule has 0 aromatic heterocycles. The molecule has 1 aliphatic heterocycles. The molecule has 1 unspecified atom stereocenters. The molecule has 1 saturated heterocycles. The lowest BCUT2D eigenvalue weighted by Gasteiger charge is -2.33. The van der Waals surface area contributed by atoms with Gasteiger partial charge in [-0.15, -0.1) is 0 Å². The minimum absolute atomic E-state index is 0.0662. The van der Waals surface area contributed by atoms with Crippen LogP contribution in [0.1, 0.15) is 12.8 Å². The summed E-state index contributed by atoms with van der Waals surface area (Å²) < 4.78 is 38.2. The minimum Gasteiger partial charge on any atom is -0.409 e. The number of oxime groups is 1. The Morgan fingerprint density at radius 1 is 1.39 bits per heavy atom. The minimum atomic E-state index is -4.52. The first-order valence-electron chi connectivity index (χ1n) is 5.75. The SMILES string of the molecule is NC(=NO)C(CN1CCC(CO)CC1)C(F)(F)F. The predicted molar refractivity (Wildman–Crippen MR) is 59.2 cm³/mol. The molecule has 5 nitrogen and oxygen atoms in total. The van der Waals surface area contributed by atoms with Gasteiger partial charge in [0.05, 0.1) is 0 Å². The number of amidine groups is 1. The van der Waals surface area contributed by atoms with E-state index < -0.39 is 17.9 Å². The molecule has 1 atom stereocenters. The Hall–Kier alpha value is -1.02. The highest BCUT2D eigenvalue weighted by molar-refractivity contribution is 5.83. The molecular weight excluding hydrogens is 251 g/mol. The van der Waals surface area contributed by atoms with Gasteiger partial charge in [-0.1, -0.05) is 5.16 Å². The molecule has 0 amide bonds. The second kappa shape index (κ2) is 6.24. The molecule has 0 aromatic rings. The topological polar surface area (TPSA) is 82.1 Å². The Balaban J connectivity index is 2.58. The monoisotopic (exact) mass is 269 g/mol. The molecule has 0 saturated carbocycles. The number of nitrogens with zero attached hydrogens (tertiary/aromatic N) is 2. The molecule has 1 fully saturated rings. The quantitative estimate of drug-likeness (QED) is 0.302. The molecule has 0 spiro atoms. The van der Waals surface area contributed by atoms with E-state index in [1.807, 2.05) is 0 Å². The van der Waals surface area contributed by atoms with Gasteiger partial charge < -0.3 is 20.9 Å². The van der Waals surface area contributed by atoms with Crippen molar-refractivity contribution in [2.75, 3.05) is 26.2 Å². The van der Waals surface area contributed by atoms with E-state index in [1.54, 1.807) is 4.90 Å². The number of halogens is 3. The maximum Gasteiger partial charge on any atom is 0.400 e. The summed E-state index contributed by atoms with van der Waals surface area (Å²) in [4.78, 5) is 1.63. The van der Waals surface area contributed by atoms with Crippen molar-refractivity contribution in [3.05, 3.63) is 0 Å². The van der Waals surface area contributed by atoms with Crippen molar-refractivity contribution in [1.29, 1.82) is 0 Å². The summed E-state index contributed by atoms with van der Waals surface area (Å²) in [5.41, 5.74) is 5.09. The lowest BCUT2D eigenvalue weighted by molar-refractivity contribution is -0.161. The average molecular weight is 269 g/mol. The molecule has 106 valence electrons. The van der Waals surface area contributed by atoms with Crippen LogP contribution in [-0.2, 0) is 0 Å². The van der Waals surface area contributed by atoms with E-state index in [-0.39, 0.29) is 19.1 Å². The van der Waals surface area contributed by atoms with Gasteiger partial charge in [-0.3, -0.25) is 0 Å². The molecule has 0 aliphatic carbocycles. The number of hydrogen-bond donors (Lipinski definition) is 3. The number of alkyl halides is 3. The van der Waals surface area contributed by atoms with E-state index in [9.17, 15) is 13.2 Å². The third-order valence-corrected chi connectivity index (χ3v) is 3.27. The van der Waals surface area contributed by atoms with Gasteiger partial charge in [-0.25, -0.2) is 0 Å². The normalized spacial score (nSPS) is 22.1. The van der Waals surface area contributed by atoms with Crippen molar-refractivity contribution >= 4 is 5.84 Å². The summed E-state index contributed by atoms with van der Waals surface area (Å²) in [6, 6.07) is 0. The molecular formula is C10H18F3N3O2. The Morgan fingerprint density at radius 3 is 2.33 bits per heavy atom. The molecule has 4 N–H and O–H groups in total. The molecule has 8 heteroatoms. The Morgan fingerprint density at radius 2 is 1.94 bits per heavy atom. The van der Waals surface area contributed by atoms with Crippen LogP contribution in [0.3, 0.4) is 0 Å². The summed E-state index contributed by atoms with van der Waals surface area (Å²) in [6.07, 6.45) is -3.20. The van der Waals surface area contributed by atoms with Crippen LogP contribution in [0, 0.1) is 11.8 Å². The second-order valence-corrected chi connectivity index (χ2v) is 4.55. The van der Waals surface area contributed by atoms with Crippen molar-refractivity contribution in [3.8, 4) is 0 Å². The van der Waals surface area contributed by atoms with Crippen molar-refractivity contribution in [3.63, 3.8) is 0 Å². The van der Waals surface area contributed by atoms with Gasteiger partial charge in [0.2, 0.25) is 0 Å². The zero-order valence-corrected chi connectivity index (χ0v) is 9.90. The molecule has 0 radical (unpaired) electrons. The van der Waals surface area contributed by atoms with Crippen LogP contribution in [0.2, 0.25) is 0 Å². The van der Waals surface area contributed by atoms with Crippen LogP contribution in [0.5, 0.6) is 0 Å². The van der Waals surface area contributed by atoms with Gasteiger partial charge in [0, 0.05) is 13.2 Å². The Kier molecular flexibility index (Phi) is 5.21. The van der Waals surface area contributed by atoms with E-state index in [0.29, 0.717) is 25.9 Å². The van der Waals surface area contributed by atoms with E-state index in [1.165, 1.54) is 0 Å². The fraction of sp³-hybridized carbons (Fsp3) is 0.900. The number of aliphatic hydroxyl groups is 1. The van der Waals surface area contributed by atoms with Gasteiger partial charge in [0.15, 0.2) is 5.84 Å². The fourth-order valence-electron chi connectivity index (χ4n) is 2.04. The smallest absolute Gasteiger partial charge is 0.400 e. The number of likely N-dealkylation sites (tertiary alicyclic amines) is 1. The highest BCUT2D eigenvalue weighted by Crippen LogP contribution is 2.28. The molecule has 1 heterocycles. The van der Waals surface area contributed by atoms with E-state index in [4.69, 9.17) is 16.0 Å². The first-order valence-corrected chi connectivity index (χ1v) is 5.75. The number of nitrogens with two attached hydrogens (primary N) is 1. The summed E-state index contributed by atoms with van der Waals surface area (Å²) >= 11 is 0. The van der Waals surface area contributed by atoms with E-state index >= 15 is 0 Å². The maximum atomic E-state index is 12.7. The van der Waals surface area contributed by atoms with Gasteiger partial charge in [-0.05, 0) is 31.8 Å². The fourth-order valence-corrected chi connectivity index (χ4v) is 2.04. The van der Waals surface area contributed by atoms with Gasteiger partial charge in [0.25, 0.3) is 0 Å². The van der Waals surface area contributed by atoms with Crippen LogP contribution in [0.4, 0.5) is 13.2 Å². The number of hydrogen-bond acceptors (Lipinski definition) is 4. The lowest BCUT2D eigenvalue weighted by Crippen LogP contribution is -2.46. The van der Waals surface area contributed by atoms with Crippen LogP contribution >= 0.6 is 0 Å². The van der Waals surface area contributed by atoms with Crippen molar-refractivity contribution in [1.82, 2.24) is 4.90 Å². The third-order valence-electron chi connectivity index (χ3n) is 3.27. The molecule has 0 aromatic carbocycles. The van der Waals surface area contributed by atoms with E-state index in [2.05, 4.69) is 5.16 Å². The first-order chi connectivity index (χ1) is 8.38. The first kappa shape index (κ1) is 15.0. The maximum absolute atomic E-state index is 12.7. The standard InChI is InChI=1S/C10H18F3N3O2/c11-10(12,13)8(9(14)15-18)5-16-3-1-7(6-17)2-4-16/h7-8,17-18H,1-6H2,(H2,14,15). The van der Waals surface area contributed by atoms with Gasteiger partial charge in [-0.2, -0.15) is 13.2 Å². The number of piperidine rings is 1. The Bertz CT molecular complexity index is 289. The van der Waals surface area contributed by atoms with Crippen LogP contribution in [-0.4, -0.2) is 53.5 Å². The zero-order chi connectivity index (χ0) is 13.8.